The fourth-order valence-electron chi connectivity index (χ4n) is 1.42. The number of nitro benzene ring substituents is 1. The van der Waals surface area contributed by atoms with Gasteiger partial charge in [0.25, 0.3) is 5.69 Å². The number of nitro groups is 1. The van der Waals surface area contributed by atoms with Crippen LogP contribution in [0.5, 0.6) is 0 Å². The molecule has 1 aromatic rings. The lowest BCUT2D eigenvalue weighted by Crippen LogP contribution is -2.18. The van der Waals surface area contributed by atoms with Crippen LogP contribution in [0.15, 0.2) is 12.1 Å². The minimum atomic E-state index is -0.891. The zero-order chi connectivity index (χ0) is 13.0. The van der Waals surface area contributed by atoms with E-state index in [1.54, 1.807) is 22.6 Å². The first-order valence-corrected chi connectivity index (χ1v) is 5.83. The van der Waals surface area contributed by atoms with E-state index in [2.05, 4.69) is 0 Å². The molecule has 0 aliphatic heterocycles. The third-order valence-corrected chi connectivity index (χ3v) is 2.96. The van der Waals surface area contributed by atoms with Crippen molar-refractivity contribution in [3.8, 4) is 0 Å². The summed E-state index contributed by atoms with van der Waals surface area (Å²) in [4.78, 5) is 10.2. The van der Waals surface area contributed by atoms with Crippen LogP contribution in [0.3, 0.4) is 0 Å². The molecular formula is C10H11FINO4. The molecular weight excluding hydrogens is 344 g/mol. The van der Waals surface area contributed by atoms with Crippen molar-refractivity contribution >= 4 is 28.3 Å². The van der Waals surface area contributed by atoms with Gasteiger partial charge in [-0.3, -0.25) is 10.1 Å². The first-order chi connectivity index (χ1) is 7.95. The monoisotopic (exact) mass is 355 g/mol. The fraction of sp³-hybridized carbons (Fsp3) is 0.400. The second-order valence-corrected chi connectivity index (χ2v) is 4.63. The maximum absolute atomic E-state index is 13.3. The summed E-state index contributed by atoms with van der Waals surface area (Å²) in [6.45, 7) is 0.0464. The Kier molecular flexibility index (Phi) is 5.22. The molecule has 1 unspecified atom stereocenters. The van der Waals surface area contributed by atoms with Crippen LogP contribution < -0.4 is 0 Å². The van der Waals surface area contributed by atoms with Crippen LogP contribution in [0.25, 0.3) is 0 Å². The Morgan fingerprint density at radius 2 is 2.29 bits per heavy atom. The molecule has 1 aromatic carbocycles. The minimum Gasteiger partial charge on any atom is -0.390 e. The molecule has 1 rings (SSSR count). The number of aliphatic hydroxyl groups excluding tert-OH is 1. The van der Waals surface area contributed by atoms with Crippen molar-refractivity contribution < 1.29 is 19.2 Å². The van der Waals surface area contributed by atoms with Crippen LogP contribution in [0.2, 0.25) is 0 Å². The Morgan fingerprint density at radius 3 is 2.82 bits per heavy atom. The summed E-state index contributed by atoms with van der Waals surface area (Å²) in [5.41, 5.74) is -0.0246. The first-order valence-electron chi connectivity index (χ1n) is 4.75. The van der Waals surface area contributed by atoms with Crippen LogP contribution in [0.4, 0.5) is 10.1 Å². The molecule has 1 N–H and O–H groups in total. The normalized spacial score (nSPS) is 12.5. The Hall–Kier alpha value is -0.800. The Balaban J connectivity index is 3.04. The molecule has 0 aromatic heterocycles. The van der Waals surface area contributed by atoms with Crippen LogP contribution in [0, 0.1) is 19.5 Å². The van der Waals surface area contributed by atoms with E-state index in [1.165, 1.54) is 7.11 Å². The quantitative estimate of drug-likeness (QED) is 0.497. The van der Waals surface area contributed by atoms with Crippen LogP contribution in [-0.4, -0.2) is 29.9 Å². The van der Waals surface area contributed by atoms with Gasteiger partial charge in [0, 0.05) is 25.2 Å². The van der Waals surface area contributed by atoms with E-state index in [0.29, 0.717) is 0 Å². The van der Waals surface area contributed by atoms with Crippen molar-refractivity contribution in [1.82, 2.24) is 0 Å². The lowest BCUT2D eigenvalue weighted by atomic mass is 10.1. The highest BCUT2D eigenvalue weighted by atomic mass is 127. The molecule has 0 saturated heterocycles. The van der Waals surface area contributed by atoms with Crippen molar-refractivity contribution in [1.29, 1.82) is 0 Å². The molecule has 0 radical (unpaired) electrons. The molecule has 5 nitrogen and oxygen atoms in total. The van der Waals surface area contributed by atoms with Gasteiger partial charge in [0.05, 0.1) is 21.2 Å². The third kappa shape index (κ3) is 3.86. The Labute approximate surface area is 111 Å². The Morgan fingerprint density at radius 1 is 1.65 bits per heavy atom. The van der Waals surface area contributed by atoms with Gasteiger partial charge >= 0.3 is 0 Å². The van der Waals surface area contributed by atoms with Crippen molar-refractivity contribution in [2.45, 2.75) is 12.5 Å². The molecule has 0 amide bonds. The fourth-order valence-corrected chi connectivity index (χ4v) is 1.87. The van der Waals surface area contributed by atoms with E-state index >= 15 is 0 Å². The SMILES string of the molecule is COCC(O)Cc1cc(F)c(I)cc1[N+](=O)[O-]. The maximum atomic E-state index is 13.3. The van der Waals surface area contributed by atoms with Crippen LogP contribution in [0.1, 0.15) is 5.56 Å². The number of ether oxygens (including phenoxy) is 1. The van der Waals surface area contributed by atoms with E-state index < -0.39 is 16.8 Å². The van der Waals surface area contributed by atoms with Gasteiger partial charge in [-0.05, 0) is 28.7 Å². The third-order valence-electron chi connectivity index (χ3n) is 2.13. The van der Waals surface area contributed by atoms with Crippen molar-refractivity contribution in [2.75, 3.05) is 13.7 Å². The molecule has 0 spiro atoms. The zero-order valence-electron chi connectivity index (χ0n) is 9.02. The number of benzene rings is 1. The van der Waals surface area contributed by atoms with Gasteiger partial charge in [0.2, 0.25) is 0 Å². The second kappa shape index (κ2) is 6.22. The number of methoxy groups -OCH3 is 1. The summed E-state index contributed by atoms with van der Waals surface area (Å²) in [5, 5.41) is 20.3. The summed E-state index contributed by atoms with van der Waals surface area (Å²) in [5.74, 6) is -0.532. The number of rotatable bonds is 5. The average molecular weight is 355 g/mol. The van der Waals surface area contributed by atoms with Gasteiger partial charge in [-0.2, -0.15) is 0 Å². The van der Waals surface area contributed by atoms with Gasteiger partial charge in [-0.15, -0.1) is 0 Å². The average Bonchev–Trinajstić information content (AvgIpc) is 2.23. The first kappa shape index (κ1) is 14.3. The van der Waals surface area contributed by atoms with E-state index in [0.717, 1.165) is 12.1 Å². The number of nitrogens with zero attached hydrogens (tertiary/aromatic N) is 1. The molecule has 17 heavy (non-hydrogen) atoms. The molecule has 1 atom stereocenters. The second-order valence-electron chi connectivity index (χ2n) is 3.47. The molecule has 94 valence electrons. The Bertz CT molecular complexity index is 427. The lowest BCUT2D eigenvalue weighted by Gasteiger charge is -2.10. The van der Waals surface area contributed by atoms with Crippen molar-refractivity contribution in [2.24, 2.45) is 0 Å². The molecule has 7 heteroatoms. The molecule has 0 saturated carbocycles. The lowest BCUT2D eigenvalue weighted by molar-refractivity contribution is -0.385. The van der Waals surface area contributed by atoms with E-state index in [-0.39, 0.29) is 27.8 Å². The van der Waals surface area contributed by atoms with E-state index in [4.69, 9.17) is 4.74 Å². The maximum Gasteiger partial charge on any atom is 0.273 e. The smallest absolute Gasteiger partial charge is 0.273 e. The minimum absolute atomic E-state index is 0.0159. The predicted octanol–water partition coefficient (Wildman–Crippen LogP) is 1.89. The topological polar surface area (TPSA) is 72.6 Å². The summed E-state index contributed by atoms with van der Waals surface area (Å²) in [6.07, 6.45) is -0.906. The number of halogens is 2. The highest BCUT2D eigenvalue weighted by Crippen LogP contribution is 2.25. The number of hydrogen-bond donors (Lipinski definition) is 1. The zero-order valence-corrected chi connectivity index (χ0v) is 11.2. The van der Waals surface area contributed by atoms with Gasteiger partial charge in [0.15, 0.2) is 0 Å². The van der Waals surface area contributed by atoms with Crippen molar-refractivity contribution in [3.63, 3.8) is 0 Å². The number of hydrogen-bond acceptors (Lipinski definition) is 4. The highest BCUT2D eigenvalue weighted by molar-refractivity contribution is 14.1. The molecule has 0 fully saturated rings. The standard InChI is InChI=1S/C10H11FINO4/c1-17-5-7(14)2-6-3-8(11)9(12)4-10(6)13(15)16/h3-4,7,14H,2,5H2,1H3. The van der Waals surface area contributed by atoms with Gasteiger partial charge in [0.1, 0.15) is 5.82 Å². The van der Waals surface area contributed by atoms with Gasteiger partial charge in [-0.25, -0.2) is 4.39 Å². The highest BCUT2D eigenvalue weighted by Gasteiger charge is 2.19. The van der Waals surface area contributed by atoms with Crippen LogP contribution >= 0.6 is 22.6 Å². The van der Waals surface area contributed by atoms with E-state index in [1.807, 2.05) is 0 Å². The van der Waals surface area contributed by atoms with Gasteiger partial charge in [-0.1, -0.05) is 0 Å². The van der Waals surface area contributed by atoms with E-state index in [9.17, 15) is 19.6 Å². The summed E-state index contributed by atoms with van der Waals surface area (Å²) < 4.78 is 18.2. The summed E-state index contributed by atoms with van der Waals surface area (Å²) in [6, 6.07) is 2.24. The predicted molar refractivity (Wildman–Crippen MR) is 67.4 cm³/mol. The number of aliphatic hydroxyl groups is 1. The molecule has 0 aliphatic rings. The largest absolute Gasteiger partial charge is 0.390 e. The van der Waals surface area contributed by atoms with Crippen LogP contribution in [-0.2, 0) is 11.2 Å². The van der Waals surface area contributed by atoms with Gasteiger partial charge < -0.3 is 9.84 Å². The summed E-state index contributed by atoms with van der Waals surface area (Å²) in [7, 11) is 1.41. The molecule has 0 heterocycles. The molecule has 0 aliphatic carbocycles. The molecule has 0 bridgehead atoms. The van der Waals surface area contributed by atoms with Crippen molar-refractivity contribution in [3.05, 3.63) is 37.2 Å². The summed E-state index contributed by atoms with van der Waals surface area (Å²) >= 11 is 1.68.